The van der Waals surface area contributed by atoms with Crippen LogP contribution in [0.1, 0.15) is 20.8 Å². The van der Waals surface area contributed by atoms with E-state index in [2.05, 4.69) is 0 Å². The van der Waals surface area contributed by atoms with E-state index in [4.69, 9.17) is 5.11 Å². The van der Waals surface area contributed by atoms with Crippen molar-refractivity contribution in [2.24, 2.45) is 0 Å². The SMILES string of the molecule is CC(=O)/C(C)=C(\C)O. The molecule has 0 aliphatic heterocycles. The number of carbonyl (C=O) groups is 1. The van der Waals surface area contributed by atoms with Gasteiger partial charge in [0.2, 0.25) is 0 Å². The highest BCUT2D eigenvalue weighted by molar-refractivity contribution is 5.92. The third-order valence-corrected chi connectivity index (χ3v) is 1.07. The van der Waals surface area contributed by atoms with Gasteiger partial charge < -0.3 is 5.11 Å². The molecular formula is C6H10O2. The maximum absolute atomic E-state index is 10.4. The Labute approximate surface area is 48.8 Å². The molecule has 0 aliphatic rings. The van der Waals surface area contributed by atoms with Crippen molar-refractivity contribution in [1.29, 1.82) is 0 Å². The van der Waals surface area contributed by atoms with Gasteiger partial charge in [0.05, 0.1) is 5.76 Å². The number of hydrogen-bond donors (Lipinski definition) is 1. The molecule has 0 aliphatic carbocycles. The fourth-order valence-electron chi connectivity index (χ4n) is 0.255. The zero-order chi connectivity index (χ0) is 6.73. The summed E-state index contributed by atoms with van der Waals surface area (Å²) in [7, 11) is 0. The minimum absolute atomic E-state index is 0.0787. The first kappa shape index (κ1) is 7.21. The molecule has 0 bridgehead atoms. The summed E-state index contributed by atoms with van der Waals surface area (Å²) < 4.78 is 0. The average Bonchev–Trinajstić information content (AvgIpc) is 1.64. The number of ketones is 1. The second-order valence-electron chi connectivity index (χ2n) is 1.77. The van der Waals surface area contributed by atoms with Gasteiger partial charge in [-0.25, -0.2) is 0 Å². The van der Waals surface area contributed by atoms with E-state index in [0.717, 1.165) is 0 Å². The molecule has 46 valence electrons. The zero-order valence-electron chi connectivity index (χ0n) is 5.36. The van der Waals surface area contributed by atoms with E-state index in [9.17, 15) is 4.79 Å². The monoisotopic (exact) mass is 114 g/mol. The third kappa shape index (κ3) is 1.78. The van der Waals surface area contributed by atoms with Gasteiger partial charge in [-0.1, -0.05) is 0 Å². The van der Waals surface area contributed by atoms with Gasteiger partial charge in [-0.05, 0) is 20.8 Å². The van der Waals surface area contributed by atoms with E-state index >= 15 is 0 Å². The third-order valence-electron chi connectivity index (χ3n) is 1.07. The number of rotatable bonds is 1. The van der Waals surface area contributed by atoms with Crippen LogP contribution in [-0.4, -0.2) is 10.9 Å². The quantitative estimate of drug-likeness (QED) is 0.413. The van der Waals surface area contributed by atoms with Gasteiger partial charge in [-0.15, -0.1) is 0 Å². The second-order valence-corrected chi connectivity index (χ2v) is 1.77. The molecular weight excluding hydrogens is 104 g/mol. The fourth-order valence-corrected chi connectivity index (χ4v) is 0.255. The summed E-state index contributed by atoms with van der Waals surface area (Å²) in [5.74, 6) is 0.0301. The van der Waals surface area contributed by atoms with Crippen molar-refractivity contribution in [3.63, 3.8) is 0 Å². The summed E-state index contributed by atoms with van der Waals surface area (Å²) in [5, 5.41) is 8.65. The van der Waals surface area contributed by atoms with E-state index in [1.807, 2.05) is 0 Å². The van der Waals surface area contributed by atoms with Crippen molar-refractivity contribution >= 4 is 5.78 Å². The summed E-state index contributed by atoms with van der Waals surface area (Å²) in [6, 6.07) is 0. The lowest BCUT2D eigenvalue weighted by Crippen LogP contribution is -1.94. The van der Waals surface area contributed by atoms with Crippen LogP contribution in [0.4, 0.5) is 0 Å². The minimum atomic E-state index is -0.0787. The summed E-state index contributed by atoms with van der Waals surface area (Å²) >= 11 is 0. The van der Waals surface area contributed by atoms with E-state index in [1.54, 1.807) is 6.92 Å². The highest BCUT2D eigenvalue weighted by Gasteiger charge is 1.97. The van der Waals surface area contributed by atoms with Crippen LogP contribution < -0.4 is 0 Å². The Hall–Kier alpha value is -0.790. The van der Waals surface area contributed by atoms with Crippen molar-refractivity contribution in [1.82, 2.24) is 0 Å². The van der Waals surface area contributed by atoms with Gasteiger partial charge in [-0.2, -0.15) is 0 Å². The van der Waals surface area contributed by atoms with Crippen LogP contribution in [0, 0.1) is 0 Å². The Morgan fingerprint density at radius 2 is 1.62 bits per heavy atom. The van der Waals surface area contributed by atoms with E-state index < -0.39 is 0 Å². The number of hydrogen-bond acceptors (Lipinski definition) is 2. The average molecular weight is 114 g/mol. The first-order valence-corrected chi connectivity index (χ1v) is 2.43. The zero-order valence-corrected chi connectivity index (χ0v) is 5.36. The number of Topliss-reactive ketones (excluding diaryl/α,β-unsaturated/α-hetero) is 1. The summed E-state index contributed by atoms with van der Waals surface area (Å²) in [6.07, 6.45) is 0. The maximum atomic E-state index is 10.4. The Kier molecular flexibility index (Phi) is 2.25. The Morgan fingerprint density at radius 3 is 1.62 bits per heavy atom. The number of aliphatic hydroxyl groups excluding tert-OH is 1. The minimum Gasteiger partial charge on any atom is -0.512 e. The Balaban J connectivity index is 4.23. The van der Waals surface area contributed by atoms with Crippen LogP contribution >= 0.6 is 0 Å². The molecule has 0 radical (unpaired) electrons. The van der Waals surface area contributed by atoms with E-state index in [-0.39, 0.29) is 11.5 Å². The standard InChI is InChI=1S/C6H10O2/c1-4(5(2)7)6(3)8/h7H,1-3H3/b5-4+. The number of allylic oxidation sites excluding steroid dienone is 2. The Morgan fingerprint density at radius 1 is 1.25 bits per heavy atom. The first-order chi connectivity index (χ1) is 3.55. The van der Waals surface area contributed by atoms with E-state index in [0.29, 0.717) is 5.57 Å². The highest BCUT2D eigenvalue weighted by Crippen LogP contribution is 1.98. The summed E-state index contributed by atoms with van der Waals surface area (Å²) in [5.41, 5.74) is 0.435. The first-order valence-electron chi connectivity index (χ1n) is 2.43. The molecule has 0 fully saturated rings. The van der Waals surface area contributed by atoms with Gasteiger partial charge >= 0.3 is 0 Å². The van der Waals surface area contributed by atoms with Crippen molar-refractivity contribution in [3.05, 3.63) is 11.3 Å². The summed E-state index contributed by atoms with van der Waals surface area (Å²) in [6.45, 7) is 4.52. The van der Waals surface area contributed by atoms with Crippen molar-refractivity contribution < 1.29 is 9.90 Å². The van der Waals surface area contributed by atoms with Crippen LogP contribution in [0.3, 0.4) is 0 Å². The van der Waals surface area contributed by atoms with Gasteiger partial charge in [0.15, 0.2) is 5.78 Å². The molecule has 0 spiro atoms. The molecule has 0 aromatic carbocycles. The van der Waals surface area contributed by atoms with Crippen LogP contribution in [0.15, 0.2) is 11.3 Å². The molecule has 0 heterocycles. The van der Waals surface area contributed by atoms with Crippen molar-refractivity contribution in [2.75, 3.05) is 0 Å². The lowest BCUT2D eigenvalue weighted by molar-refractivity contribution is -0.113. The topological polar surface area (TPSA) is 37.3 Å². The van der Waals surface area contributed by atoms with E-state index in [1.165, 1.54) is 13.8 Å². The van der Waals surface area contributed by atoms with Crippen molar-refractivity contribution in [2.45, 2.75) is 20.8 Å². The number of aliphatic hydroxyl groups is 1. The van der Waals surface area contributed by atoms with Crippen LogP contribution in [0.25, 0.3) is 0 Å². The molecule has 0 aromatic heterocycles. The van der Waals surface area contributed by atoms with Crippen molar-refractivity contribution in [3.8, 4) is 0 Å². The highest BCUT2D eigenvalue weighted by atomic mass is 16.3. The lowest BCUT2D eigenvalue weighted by atomic mass is 10.2. The number of carbonyl (C=O) groups excluding carboxylic acids is 1. The molecule has 0 unspecified atom stereocenters. The molecule has 8 heavy (non-hydrogen) atoms. The summed E-state index contributed by atoms with van der Waals surface area (Å²) in [4.78, 5) is 10.4. The predicted octanol–water partition coefficient (Wildman–Crippen LogP) is 1.43. The molecule has 0 amide bonds. The van der Waals surface area contributed by atoms with Gasteiger partial charge in [0, 0.05) is 5.57 Å². The molecule has 0 atom stereocenters. The smallest absolute Gasteiger partial charge is 0.158 e. The molecule has 2 nitrogen and oxygen atoms in total. The molecule has 0 aromatic rings. The predicted molar refractivity (Wildman–Crippen MR) is 31.7 cm³/mol. The maximum Gasteiger partial charge on any atom is 0.158 e. The Bertz CT molecular complexity index is 129. The molecule has 2 heteroatoms. The van der Waals surface area contributed by atoms with Gasteiger partial charge in [-0.3, -0.25) is 4.79 Å². The normalized spacial score (nSPS) is 12.9. The van der Waals surface area contributed by atoms with Crippen LogP contribution in [-0.2, 0) is 4.79 Å². The molecule has 1 N–H and O–H groups in total. The second kappa shape index (κ2) is 2.50. The van der Waals surface area contributed by atoms with Crippen LogP contribution in [0.2, 0.25) is 0 Å². The van der Waals surface area contributed by atoms with Gasteiger partial charge in [0.1, 0.15) is 0 Å². The lowest BCUT2D eigenvalue weighted by Gasteiger charge is -1.92. The van der Waals surface area contributed by atoms with Gasteiger partial charge in [0.25, 0.3) is 0 Å². The molecule has 0 saturated heterocycles. The molecule has 0 rings (SSSR count). The molecule has 0 saturated carbocycles. The van der Waals surface area contributed by atoms with Crippen LogP contribution in [0.5, 0.6) is 0 Å². The largest absolute Gasteiger partial charge is 0.512 e. The fraction of sp³-hybridized carbons (Fsp3) is 0.500.